The summed E-state index contributed by atoms with van der Waals surface area (Å²) in [6.45, 7) is 12.3. The number of rotatable bonds is 12. The number of nitrogens with one attached hydrogen (secondary N) is 1. The van der Waals surface area contributed by atoms with Gasteiger partial charge in [-0.05, 0) is 86.1 Å². The fourth-order valence-electron chi connectivity index (χ4n) is 3.85. The summed E-state index contributed by atoms with van der Waals surface area (Å²) in [7, 11) is 0. The average Bonchev–Trinajstić information content (AvgIpc) is 2.88. The van der Waals surface area contributed by atoms with Gasteiger partial charge in [-0.2, -0.15) is 0 Å². The topological polar surface area (TPSA) is 71.5 Å². The summed E-state index contributed by atoms with van der Waals surface area (Å²) >= 11 is 0. The normalized spacial score (nSPS) is 12.8. The molecule has 8 heteroatoms. The number of aliphatic hydroxyl groups excluding tert-OH is 1. The Hall–Kier alpha value is -3.13. The SMILES string of the molecule is CC/C=C(/c1c(C)ccnc1Nc1ccc(OC(F)(F)F)cc1)C(CC)CC.CCC(C)C(=O)/C=C/CO. The molecule has 0 amide bonds. The molecule has 0 fully saturated rings. The van der Waals surface area contributed by atoms with Crippen molar-refractivity contribution in [3.63, 3.8) is 0 Å². The first-order chi connectivity index (χ1) is 18.0. The summed E-state index contributed by atoms with van der Waals surface area (Å²) in [4.78, 5) is 15.4. The Morgan fingerprint density at radius 1 is 1.08 bits per heavy atom. The van der Waals surface area contributed by atoms with Gasteiger partial charge in [0.05, 0.1) is 6.61 Å². The van der Waals surface area contributed by atoms with Gasteiger partial charge in [0.1, 0.15) is 11.6 Å². The maximum Gasteiger partial charge on any atom is 0.573 e. The van der Waals surface area contributed by atoms with Crippen LogP contribution in [0.5, 0.6) is 5.75 Å². The fourth-order valence-corrected chi connectivity index (χ4v) is 3.85. The Morgan fingerprint density at radius 2 is 1.71 bits per heavy atom. The van der Waals surface area contributed by atoms with Gasteiger partial charge in [0, 0.05) is 23.4 Å². The van der Waals surface area contributed by atoms with E-state index in [-0.39, 0.29) is 24.1 Å². The molecule has 0 bridgehead atoms. The minimum Gasteiger partial charge on any atom is -0.406 e. The van der Waals surface area contributed by atoms with Crippen LogP contribution in [0.15, 0.2) is 54.8 Å². The summed E-state index contributed by atoms with van der Waals surface area (Å²) in [5.74, 6) is 1.06. The first-order valence-corrected chi connectivity index (χ1v) is 13.1. The Bertz CT molecular complexity index is 1040. The number of ketones is 1. The first kappa shape index (κ1) is 32.9. The lowest BCUT2D eigenvalue weighted by Crippen LogP contribution is -2.17. The first-order valence-electron chi connectivity index (χ1n) is 13.1. The van der Waals surface area contributed by atoms with Crippen LogP contribution in [-0.2, 0) is 4.79 Å². The highest BCUT2D eigenvalue weighted by molar-refractivity contribution is 5.91. The largest absolute Gasteiger partial charge is 0.573 e. The molecule has 0 saturated heterocycles. The lowest BCUT2D eigenvalue weighted by Gasteiger charge is -2.22. The highest BCUT2D eigenvalue weighted by atomic mass is 19.4. The van der Waals surface area contributed by atoms with Crippen LogP contribution in [0.2, 0.25) is 0 Å². The van der Waals surface area contributed by atoms with Crippen LogP contribution < -0.4 is 10.1 Å². The molecule has 0 spiro atoms. The molecule has 1 aromatic carbocycles. The van der Waals surface area contributed by atoms with E-state index >= 15 is 0 Å². The molecule has 38 heavy (non-hydrogen) atoms. The number of ether oxygens (including phenoxy) is 1. The quantitative estimate of drug-likeness (QED) is 0.268. The third kappa shape index (κ3) is 11.1. The lowest BCUT2D eigenvalue weighted by atomic mass is 9.86. The van der Waals surface area contributed by atoms with E-state index in [9.17, 15) is 18.0 Å². The van der Waals surface area contributed by atoms with Crippen molar-refractivity contribution in [3.05, 3.63) is 65.9 Å². The van der Waals surface area contributed by atoms with Crippen LogP contribution in [0.1, 0.15) is 71.4 Å². The smallest absolute Gasteiger partial charge is 0.406 e. The van der Waals surface area contributed by atoms with E-state index in [1.165, 1.54) is 29.9 Å². The van der Waals surface area contributed by atoms with Crippen molar-refractivity contribution >= 4 is 22.9 Å². The van der Waals surface area contributed by atoms with Gasteiger partial charge in [-0.15, -0.1) is 13.2 Å². The van der Waals surface area contributed by atoms with E-state index in [0.29, 0.717) is 17.4 Å². The number of aromatic nitrogens is 1. The minimum absolute atomic E-state index is 0.0534. The number of aliphatic hydroxyl groups is 1. The summed E-state index contributed by atoms with van der Waals surface area (Å²) in [5.41, 5.74) is 4.08. The van der Waals surface area contributed by atoms with E-state index < -0.39 is 6.36 Å². The van der Waals surface area contributed by atoms with Crippen molar-refractivity contribution in [2.75, 3.05) is 11.9 Å². The van der Waals surface area contributed by atoms with Gasteiger partial charge in [-0.25, -0.2) is 4.98 Å². The highest BCUT2D eigenvalue weighted by Gasteiger charge is 2.31. The molecular weight excluding hydrogens is 493 g/mol. The van der Waals surface area contributed by atoms with Crippen LogP contribution in [0.3, 0.4) is 0 Å². The molecule has 2 N–H and O–H groups in total. The van der Waals surface area contributed by atoms with E-state index in [4.69, 9.17) is 5.11 Å². The number of hydrogen-bond acceptors (Lipinski definition) is 5. The van der Waals surface area contributed by atoms with Crippen LogP contribution in [0, 0.1) is 18.8 Å². The molecule has 1 heterocycles. The summed E-state index contributed by atoms with van der Waals surface area (Å²) in [6, 6.07) is 7.65. The number of carbonyl (C=O) groups is 1. The second kappa shape index (κ2) is 16.7. The summed E-state index contributed by atoms with van der Waals surface area (Å²) in [6.07, 6.45) is 6.01. The molecule has 0 aliphatic carbocycles. The third-order valence-electron chi connectivity index (χ3n) is 6.13. The lowest BCUT2D eigenvalue weighted by molar-refractivity contribution is -0.274. The molecule has 210 valence electrons. The number of halogens is 3. The molecular formula is C30H41F3N2O3. The predicted molar refractivity (Wildman–Crippen MR) is 148 cm³/mol. The zero-order valence-corrected chi connectivity index (χ0v) is 23.2. The molecule has 5 nitrogen and oxygen atoms in total. The molecule has 0 aliphatic rings. The predicted octanol–water partition coefficient (Wildman–Crippen LogP) is 8.41. The highest BCUT2D eigenvalue weighted by Crippen LogP contribution is 2.36. The van der Waals surface area contributed by atoms with E-state index in [1.54, 1.807) is 18.3 Å². The maximum absolute atomic E-state index is 12.3. The Balaban J connectivity index is 0.000000612. The van der Waals surface area contributed by atoms with Gasteiger partial charge in [0.15, 0.2) is 5.78 Å². The van der Waals surface area contributed by atoms with E-state index in [1.807, 2.05) is 26.8 Å². The molecule has 1 unspecified atom stereocenters. The van der Waals surface area contributed by atoms with Crippen molar-refractivity contribution in [1.29, 1.82) is 0 Å². The van der Waals surface area contributed by atoms with Crippen molar-refractivity contribution in [1.82, 2.24) is 4.98 Å². The van der Waals surface area contributed by atoms with Gasteiger partial charge in [0.2, 0.25) is 0 Å². The number of pyridine rings is 1. The average molecular weight is 535 g/mol. The van der Waals surface area contributed by atoms with Crippen molar-refractivity contribution < 1.29 is 27.8 Å². The number of hydrogen-bond donors (Lipinski definition) is 2. The molecule has 2 aromatic rings. The molecule has 1 atom stereocenters. The standard InChI is InChI=1S/C22H27F3N2O.C8H14O2/c1-5-8-19(16(6-2)7-3)20-15(4)13-14-26-21(20)27-17-9-11-18(12-10-17)28-22(23,24)25;1-3-7(2)8(10)5-4-6-9/h8-14,16H,5-7H2,1-4H3,(H,26,27);4-5,7,9H,3,6H2,1-2H3/b19-8+;5-4+. The number of alkyl halides is 3. The summed E-state index contributed by atoms with van der Waals surface area (Å²) < 4.78 is 40.9. The van der Waals surface area contributed by atoms with Crippen LogP contribution in [0.25, 0.3) is 5.57 Å². The van der Waals surface area contributed by atoms with Crippen molar-refractivity contribution in [3.8, 4) is 5.75 Å². The number of benzene rings is 1. The number of nitrogens with zero attached hydrogens (tertiary/aromatic N) is 1. The van der Waals surface area contributed by atoms with Crippen molar-refractivity contribution in [2.24, 2.45) is 11.8 Å². The Morgan fingerprint density at radius 3 is 2.21 bits per heavy atom. The van der Waals surface area contributed by atoms with Crippen LogP contribution in [-0.4, -0.2) is 28.8 Å². The molecule has 2 rings (SSSR count). The molecule has 0 saturated carbocycles. The zero-order chi connectivity index (χ0) is 28.7. The second-order valence-electron chi connectivity index (χ2n) is 8.93. The van der Waals surface area contributed by atoms with Crippen molar-refractivity contribution in [2.45, 2.75) is 73.6 Å². The van der Waals surface area contributed by atoms with E-state index in [0.717, 1.165) is 36.8 Å². The number of allylic oxidation sites excluding steroid dienone is 3. The fraction of sp³-hybridized carbons (Fsp3) is 0.467. The van der Waals surface area contributed by atoms with Gasteiger partial charge >= 0.3 is 6.36 Å². The Kier molecular flexibility index (Phi) is 14.4. The second-order valence-corrected chi connectivity index (χ2v) is 8.93. The van der Waals surface area contributed by atoms with Crippen LogP contribution >= 0.6 is 0 Å². The van der Waals surface area contributed by atoms with Gasteiger partial charge in [0.25, 0.3) is 0 Å². The van der Waals surface area contributed by atoms with Gasteiger partial charge < -0.3 is 15.2 Å². The molecule has 1 aromatic heterocycles. The van der Waals surface area contributed by atoms with Gasteiger partial charge in [-0.3, -0.25) is 4.79 Å². The Labute approximate surface area is 224 Å². The van der Waals surface area contributed by atoms with Gasteiger partial charge in [-0.1, -0.05) is 46.8 Å². The van der Waals surface area contributed by atoms with Crippen LogP contribution in [0.4, 0.5) is 24.7 Å². The maximum atomic E-state index is 12.3. The zero-order valence-electron chi connectivity index (χ0n) is 23.2. The monoisotopic (exact) mass is 534 g/mol. The molecule has 0 radical (unpaired) electrons. The summed E-state index contributed by atoms with van der Waals surface area (Å²) in [5, 5.41) is 11.6. The number of carbonyl (C=O) groups excluding carboxylic acids is 1. The third-order valence-corrected chi connectivity index (χ3v) is 6.13. The number of anilines is 2. The minimum atomic E-state index is -4.70. The van der Waals surface area contributed by atoms with E-state index in [2.05, 4.69) is 41.9 Å². The number of aryl methyl sites for hydroxylation is 1. The molecule has 0 aliphatic heterocycles.